The first-order valence-electron chi connectivity index (χ1n) is 15.5. The summed E-state index contributed by atoms with van der Waals surface area (Å²) in [5.74, 6) is 1.35. The zero-order valence-electron chi connectivity index (χ0n) is 27.6. The van der Waals surface area contributed by atoms with Crippen LogP contribution in [-0.2, 0) is 33.9 Å². The summed E-state index contributed by atoms with van der Waals surface area (Å²) in [7, 11) is -9.70. The van der Waals surface area contributed by atoms with Gasteiger partial charge in [-0.25, -0.2) is 16.8 Å². The molecule has 0 unspecified atom stereocenters. The molecule has 0 aromatic carbocycles. The molecule has 9 nitrogen and oxygen atoms in total. The third kappa shape index (κ3) is 5.68. The maximum absolute atomic E-state index is 12.1. The molecule has 13 heteroatoms. The smallest absolute Gasteiger partial charge is 0.726 e. The normalized spacial score (nSPS) is 51.9. The van der Waals surface area contributed by atoms with Gasteiger partial charge in [0.15, 0.2) is 0 Å². The third-order valence-electron chi connectivity index (χ3n) is 14.7. The Morgan fingerprint density at radius 2 is 1.21 bits per heavy atom. The maximum Gasteiger partial charge on any atom is 1.00 e. The van der Waals surface area contributed by atoms with Gasteiger partial charge in [-0.05, 0) is 121 Å². The van der Waals surface area contributed by atoms with E-state index in [2.05, 4.69) is 48.5 Å². The molecule has 236 valence electrons. The van der Waals surface area contributed by atoms with E-state index in [1.54, 1.807) is 0 Å². The fourth-order valence-electron chi connectivity index (χ4n) is 12.5. The second kappa shape index (κ2) is 11.4. The number of fused-ring (bicyclic) bond motifs is 7. The SMILES string of the molecule is CC1(C)[C@@H](OS(=O)(=O)[O-])CC[C@]2(C)[C@H]3CC[C@@H]4[C@H]5[C@H]([C@@]6(C)CO6)CC[C@]5(C)[C@@H](OS(=O)(=O)[O-])C[C@@]4(C)[C@]3(C)CC[C@@H]12.[Na+].[Na+]. The molecule has 0 radical (unpaired) electrons. The van der Waals surface area contributed by atoms with Gasteiger partial charge in [-0.3, -0.25) is 8.37 Å². The summed E-state index contributed by atoms with van der Waals surface area (Å²) in [5, 5.41) is 0. The van der Waals surface area contributed by atoms with E-state index in [0.717, 1.165) is 51.6 Å². The third-order valence-corrected chi connectivity index (χ3v) is 15.6. The summed E-state index contributed by atoms with van der Waals surface area (Å²) >= 11 is 0. The molecule has 0 aromatic rings. The van der Waals surface area contributed by atoms with E-state index in [4.69, 9.17) is 13.1 Å². The van der Waals surface area contributed by atoms with Crippen LogP contribution in [0.1, 0.15) is 106 Å². The Hall–Kier alpha value is 1.70. The molecule has 12 atom stereocenters. The van der Waals surface area contributed by atoms with Crippen LogP contribution in [0.15, 0.2) is 0 Å². The van der Waals surface area contributed by atoms with Gasteiger partial charge in [-0.1, -0.05) is 41.5 Å². The summed E-state index contributed by atoms with van der Waals surface area (Å²) in [6, 6.07) is 0. The molecular weight excluding hydrogens is 614 g/mol. The Balaban J connectivity index is 0.00000212. The average molecular weight is 663 g/mol. The Morgan fingerprint density at radius 3 is 1.77 bits per heavy atom. The Bertz CT molecular complexity index is 1320. The fraction of sp³-hybridized carbons (Fsp3) is 1.00. The van der Waals surface area contributed by atoms with Crippen LogP contribution in [0.3, 0.4) is 0 Å². The van der Waals surface area contributed by atoms with Crippen molar-refractivity contribution in [2.75, 3.05) is 6.61 Å². The van der Waals surface area contributed by atoms with Crippen LogP contribution in [0.2, 0.25) is 0 Å². The molecule has 0 amide bonds. The van der Waals surface area contributed by atoms with Crippen LogP contribution in [0.5, 0.6) is 0 Å². The number of epoxide rings is 1. The standard InChI is InChI=1S/C30H50O9S2.2Na/c1-25(2)20-11-15-28(5)21(26(20,3)14-12-22(25)38-40(31,32)33)9-8-18-24-19(30(7)17-37-30)10-13-27(24,4)23(16-29(18,28)6)39-41(34,35)36;;/h18-24H,8-17H2,1-7H3,(H,31,32,33)(H,34,35,36);;/q;2*+1/p-2/t18-,19-,20+,21-,22+,23+,24+,26+,27-,28-,29-,30-;;/m1../s1. The average Bonchev–Trinajstić information content (AvgIpc) is 3.44. The van der Waals surface area contributed by atoms with Gasteiger partial charge in [-0.2, -0.15) is 0 Å². The topological polar surface area (TPSA) is 145 Å². The second-order valence-corrected chi connectivity index (χ2v) is 18.5. The molecule has 5 saturated carbocycles. The van der Waals surface area contributed by atoms with Crippen molar-refractivity contribution in [3.05, 3.63) is 0 Å². The van der Waals surface area contributed by atoms with Crippen molar-refractivity contribution in [3.63, 3.8) is 0 Å². The summed E-state index contributed by atoms with van der Waals surface area (Å²) in [6.45, 7) is 16.2. The van der Waals surface area contributed by atoms with E-state index in [1.165, 1.54) is 0 Å². The van der Waals surface area contributed by atoms with Crippen LogP contribution in [0.4, 0.5) is 0 Å². The molecule has 1 heterocycles. The van der Waals surface area contributed by atoms with Gasteiger partial charge in [0.25, 0.3) is 0 Å². The Labute approximate surface area is 303 Å². The zero-order chi connectivity index (χ0) is 30.2. The van der Waals surface area contributed by atoms with Gasteiger partial charge in [0, 0.05) is 0 Å². The van der Waals surface area contributed by atoms with Gasteiger partial charge >= 0.3 is 59.1 Å². The van der Waals surface area contributed by atoms with Crippen LogP contribution in [0.25, 0.3) is 0 Å². The number of hydrogen-bond acceptors (Lipinski definition) is 9. The largest absolute Gasteiger partial charge is 1.00 e. The Morgan fingerprint density at radius 1 is 0.651 bits per heavy atom. The molecule has 0 spiro atoms. The second-order valence-electron chi connectivity index (χ2n) is 16.5. The molecule has 6 rings (SSSR count). The molecule has 0 N–H and O–H groups in total. The van der Waals surface area contributed by atoms with E-state index in [0.29, 0.717) is 30.6 Å². The molecule has 0 bridgehead atoms. The molecule has 43 heavy (non-hydrogen) atoms. The van der Waals surface area contributed by atoms with Gasteiger partial charge in [-0.15, -0.1) is 0 Å². The van der Waals surface area contributed by atoms with Gasteiger partial charge < -0.3 is 13.8 Å². The number of rotatable bonds is 5. The van der Waals surface area contributed by atoms with Crippen LogP contribution < -0.4 is 59.1 Å². The maximum atomic E-state index is 12.1. The van der Waals surface area contributed by atoms with E-state index in [-0.39, 0.29) is 92.8 Å². The minimum absolute atomic E-state index is 0. The molecule has 1 aliphatic heterocycles. The molecule has 5 aliphatic carbocycles. The van der Waals surface area contributed by atoms with Gasteiger partial charge in [0.05, 0.1) is 24.4 Å². The van der Waals surface area contributed by atoms with Crippen LogP contribution in [0, 0.1) is 56.7 Å². The monoisotopic (exact) mass is 662 g/mol. The van der Waals surface area contributed by atoms with E-state index < -0.39 is 43.8 Å². The predicted octanol–water partition coefficient (Wildman–Crippen LogP) is -0.815. The quantitative estimate of drug-likeness (QED) is 0.160. The first-order chi connectivity index (χ1) is 18.6. The zero-order valence-corrected chi connectivity index (χ0v) is 33.2. The summed E-state index contributed by atoms with van der Waals surface area (Å²) < 4.78 is 87.7. The summed E-state index contributed by atoms with van der Waals surface area (Å²) in [5.41, 5.74) is -1.60. The molecule has 6 aliphatic rings. The number of ether oxygens (including phenoxy) is 1. The first-order valence-corrected chi connectivity index (χ1v) is 18.2. The van der Waals surface area contributed by atoms with Gasteiger partial charge in [0.1, 0.15) is 0 Å². The van der Waals surface area contributed by atoms with E-state index in [9.17, 15) is 25.9 Å². The van der Waals surface area contributed by atoms with Crippen molar-refractivity contribution in [1.82, 2.24) is 0 Å². The molecule has 1 saturated heterocycles. The molecule has 6 fully saturated rings. The molecular formula is C30H48Na2O9S2. The van der Waals surface area contributed by atoms with Crippen molar-refractivity contribution >= 4 is 20.8 Å². The minimum atomic E-state index is -4.89. The number of hydrogen-bond donors (Lipinski definition) is 0. The predicted molar refractivity (Wildman–Crippen MR) is 149 cm³/mol. The molecule has 0 aromatic heterocycles. The fourth-order valence-corrected chi connectivity index (χ4v) is 13.7. The van der Waals surface area contributed by atoms with E-state index in [1.807, 2.05) is 0 Å². The van der Waals surface area contributed by atoms with Crippen molar-refractivity contribution in [2.45, 2.75) is 124 Å². The van der Waals surface area contributed by atoms with Crippen LogP contribution in [-0.4, -0.2) is 50.4 Å². The van der Waals surface area contributed by atoms with E-state index >= 15 is 0 Å². The van der Waals surface area contributed by atoms with Crippen LogP contribution >= 0.6 is 0 Å². The summed E-state index contributed by atoms with van der Waals surface area (Å²) in [4.78, 5) is 0. The minimum Gasteiger partial charge on any atom is -0.726 e. The Kier molecular flexibility index (Phi) is 9.92. The first kappa shape index (κ1) is 37.5. The van der Waals surface area contributed by atoms with Crippen molar-refractivity contribution in [1.29, 1.82) is 0 Å². The van der Waals surface area contributed by atoms with Gasteiger partial charge in [0.2, 0.25) is 20.8 Å². The van der Waals surface area contributed by atoms with Crippen molar-refractivity contribution < 1.29 is 98.2 Å². The summed E-state index contributed by atoms with van der Waals surface area (Å²) in [6.07, 6.45) is 6.12. The van der Waals surface area contributed by atoms with Crippen molar-refractivity contribution in [3.8, 4) is 0 Å². The van der Waals surface area contributed by atoms with Crippen molar-refractivity contribution in [2.24, 2.45) is 56.7 Å².